The van der Waals surface area contributed by atoms with Crippen molar-refractivity contribution >= 4 is 47.4 Å². The van der Waals surface area contributed by atoms with Crippen molar-refractivity contribution in [3.05, 3.63) is 29.6 Å². The molecular formula is C17H23F3IN5O2. The highest BCUT2D eigenvalue weighted by Crippen LogP contribution is 2.28. The summed E-state index contributed by atoms with van der Waals surface area (Å²) in [7, 11) is 0. The lowest BCUT2D eigenvalue weighted by Crippen LogP contribution is -2.42. The fourth-order valence-electron chi connectivity index (χ4n) is 2.16. The van der Waals surface area contributed by atoms with E-state index in [0.717, 1.165) is 25.0 Å². The number of carbonyl (C=O) groups excluding carboxylic acids is 2. The quantitative estimate of drug-likeness (QED) is 0.140. The van der Waals surface area contributed by atoms with Crippen LogP contribution in [-0.2, 0) is 9.59 Å². The van der Waals surface area contributed by atoms with Crippen molar-refractivity contribution in [2.45, 2.75) is 19.8 Å². The van der Waals surface area contributed by atoms with Gasteiger partial charge in [0, 0.05) is 25.6 Å². The van der Waals surface area contributed by atoms with Gasteiger partial charge in [-0.25, -0.2) is 18.2 Å². The van der Waals surface area contributed by atoms with Crippen LogP contribution in [0.5, 0.6) is 0 Å². The van der Waals surface area contributed by atoms with Gasteiger partial charge in [-0.15, -0.1) is 24.0 Å². The van der Waals surface area contributed by atoms with E-state index in [0.29, 0.717) is 25.6 Å². The number of amides is 2. The molecular weight excluding hydrogens is 490 g/mol. The van der Waals surface area contributed by atoms with Crippen LogP contribution in [0.4, 0.5) is 18.9 Å². The molecule has 0 saturated heterocycles. The van der Waals surface area contributed by atoms with Crippen LogP contribution in [-0.4, -0.2) is 44.0 Å². The largest absolute Gasteiger partial charge is 0.357 e. The number of benzene rings is 1. The Morgan fingerprint density at radius 2 is 1.75 bits per heavy atom. The van der Waals surface area contributed by atoms with Crippen molar-refractivity contribution in [1.82, 2.24) is 16.0 Å². The molecule has 1 aromatic rings. The molecule has 2 rings (SSSR count). The Hall–Kier alpha value is -2.05. The van der Waals surface area contributed by atoms with E-state index >= 15 is 0 Å². The SMILES string of the molecule is CCNC(=NCC(=O)Nc1ccc(F)c(F)c1F)NCCNC(=O)C1CC1.I. The van der Waals surface area contributed by atoms with E-state index in [9.17, 15) is 22.8 Å². The second-order valence-corrected chi connectivity index (χ2v) is 5.96. The van der Waals surface area contributed by atoms with Gasteiger partial charge in [0.2, 0.25) is 11.8 Å². The monoisotopic (exact) mass is 513 g/mol. The van der Waals surface area contributed by atoms with Gasteiger partial charge < -0.3 is 21.3 Å². The summed E-state index contributed by atoms with van der Waals surface area (Å²) in [6, 6.07) is 1.65. The molecule has 0 unspecified atom stereocenters. The molecule has 4 N–H and O–H groups in total. The predicted octanol–water partition coefficient (Wildman–Crippen LogP) is 1.74. The standard InChI is InChI=1S/C17H22F3N5O2.HI/c1-2-21-17(23-8-7-22-16(27)10-3-4-10)24-9-13(26)25-12-6-5-11(18)14(19)15(12)20;/h5-6,10H,2-4,7-9H2,1H3,(H,22,27)(H,25,26)(H2,21,23,24);1H. The lowest BCUT2D eigenvalue weighted by molar-refractivity contribution is -0.122. The first kappa shape index (κ1) is 24.0. The van der Waals surface area contributed by atoms with Crippen LogP contribution in [0, 0.1) is 23.4 Å². The van der Waals surface area contributed by atoms with Crippen molar-refractivity contribution in [1.29, 1.82) is 0 Å². The smallest absolute Gasteiger partial charge is 0.246 e. The maximum absolute atomic E-state index is 13.5. The molecule has 0 bridgehead atoms. The van der Waals surface area contributed by atoms with Gasteiger partial charge in [-0.3, -0.25) is 9.59 Å². The number of hydrogen-bond donors (Lipinski definition) is 4. The number of nitrogens with zero attached hydrogens (tertiary/aromatic N) is 1. The summed E-state index contributed by atoms with van der Waals surface area (Å²) in [4.78, 5) is 27.4. The summed E-state index contributed by atoms with van der Waals surface area (Å²) in [6.07, 6.45) is 1.86. The highest BCUT2D eigenvalue weighted by atomic mass is 127. The molecule has 1 aromatic carbocycles. The third-order valence-corrected chi connectivity index (χ3v) is 3.70. The van der Waals surface area contributed by atoms with Gasteiger partial charge >= 0.3 is 0 Å². The molecule has 28 heavy (non-hydrogen) atoms. The summed E-state index contributed by atoms with van der Waals surface area (Å²) < 4.78 is 39.6. The van der Waals surface area contributed by atoms with E-state index in [1.807, 2.05) is 6.92 Å². The molecule has 0 aromatic heterocycles. The number of carbonyl (C=O) groups is 2. The normalized spacial score (nSPS) is 13.4. The van der Waals surface area contributed by atoms with E-state index < -0.39 is 29.0 Å². The zero-order valence-electron chi connectivity index (χ0n) is 15.3. The van der Waals surface area contributed by atoms with E-state index in [-0.39, 0.29) is 42.3 Å². The highest BCUT2D eigenvalue weighted by Gasteiger charge is 2.28. The molecule has 156 valence electrons. The third kappa shape index (κ3) is 7.52. The van der Waals surface area contributed by atoms with Gasteiger partial charge in [-0.05, 0) is 31.9 Å². The second-order valence-electron chi connectivity index (χ2n) is 5.96. The minimum Gasteiger partial charge on any atom is -0.357 e. The lowest BCUT2D eigenvalue weighted by Gasteiger charge is -2.12. The second kappa shape index (κ2) is 11.7. The Kier molecular flexibility index (Phi) is 10.0. The Balaban J connectivity index is 0.00000392. The van der Waals surface area contributed by atoms with E-state index in [2.05, 4.69) is 26.3 Å². The summed E-state index contributed by atoms with van der Waals surface area (Å²) in [5.74, 6) is -4.66. The van der Waals surface area contributed by atoms with Crippen molar-refractivity contribution in [3.8, 4) is 0 Å². The molecule has 1 fully saturated rings. The van der Waals surface area contributed by atoms with Crippen LogP contribution < -0.4 is 21.3 Å². The van der Waals surface area contributed by atoms with Crippen LogP contribution in [0.3, 0.4) is 0 Å². The summed E-state index contributed by atoms with van der Waals surface area (Å²) in [5.41, 5.74) is -0.463. The number of aliphatic imine (C=N–C) groups is 1. The molecule has 0 heterocycles. The first-order valence-corrected chi connectivity index (χ1v) is 8.65. The van der Waals surface area contributed by atoms with E-state index in [1.54, 1.807) is 0 Å². The molecule has 0 spiro atoms. The summed E-state index contributed by atoms with van der Waals surface area (Å²) >= 11 is 0. The molecule has 11 heteroatoms. The minimum absolute atomic E-state index is 0. The number of rotatable bonds is 8. The highest BCUT2D eigenvalue weighted by molar-refractivity contribution is 14.0. The lowest BCUT2D eigenvalue weighted by atomic mass is 10.3. The van der Waals surface area contributed by atoms with Gasteiger partial charge in [-0.2, -0.15) is 0 Å². The van der Waals surface area contributed by atoms with Crippen molar-refractivity contribution in [3.63, 3.8) is 0 Å². The molecule has 0 aliphatic heterocycles. The Morgan fingerprint density at radius 3 is 2.39 bits per heavy atom. The molecule has 1 saturated carbocycles. The Morgan fingerprint density at radius 1 is 1.07 bits per heavy atom. The summed E-state index contributed by atoms with van der Waals surface area (Å²) in [5, 5.41) is 10.8. The van der Waals surface area contributed by atoms with Crippen LogP contribution in [0.15, 0.2) is 17.1 Å². The van der Waals surface area contributed by atoms with Crippen molar-refractivity contribution in [2.75, 3.05) is 31.5 Å². The number of anilines is 1. The fourth-order valence-corrected chi connectivity index (χ4v) is 2.16. The number of guanidine groups is 1. The topological polar surface area (TPSA) is 94.6 Å². The van der Waals surface area contributed by atoms with E-state index in [1.165, 1.54) is 0 Å². The number of halogens is 4. The average molecular weight is 513 g/mol. The number of hydrogen-bond acceptors (Lipinski definition) is 3. The first-order valence-electron chi connectivity index (χ1n) is 8.65. The fraction of sp³-hybridized carbons (Fsp3) is 0.471. The zero-order valence-corrected chi connectivity index (χ0v) is 17.6. The van der Waals surface area contributed by atoms with Crippen molar-refractivity contribution < 1.29 is 22.8 Å². The minimum atomic E-state index is -1.65. The Bertz CT molecular complexity index is 729. The van der Waals surface area contributed by atoms with Crippen LogP contribution in [0.25, 0.3) is 0 Å². The zero-order chi connectivity index (χ0) is 19.8. The average Bonchev–Trinajstić information content (AvgIpc) is 3.48. The maximum Gasteiger partial charge on any atom is 0.246 e. The first-order chi connectivity index (χ1) is 12.9. The van der Waals surface area contributed by atoms with E-state index in [4.69, 9.17) is 0 Å². The van der Waals surface area contributed by atoms with Crippen LogP contribution in [0.1, 0.15) is 19.8 Å². The Labute approximate surface area is 177 Å². The third-order valence-electron chi connectivity index (χ3n) is 3.70. The van der Waals surface area contributed by atoms with Crippen LogP contribution in [0.2, 0.25) is 0 Å². The number of nitrogens with one attached hydrogen (secondary N) is 4. The van der Waals surface area contributed by atoms with Crippen molar-refractivity contribution in [2.24, 2.45) is 10.9 Å². The van der Waals surface area contributed by atoms with Gasteiger partial charge in [0.25, 0.3) is 0 Å². The maximum atomic E-state index is 13.5. The predicted molar refractivity (Wildman–Crippen MR) is 110 cm³/mol. The molecule has 1 aliphatic rings. The molecule has 0 radical (unpaired) electrons. The summed E-state index contributed by atoms with van der Waals surface area (Å²) in [6.45, 7) is 2.83. The van der Waals surface area contributed by atoms with Gasteiger partial charge in [-0.1, -0.05) is 0 Å². The van der Waals surface area contributed by atoms with Gasteiger partial charge in [0.15, 0.2) is 23.4 Å². The molecule has 1 aliphatic carbocycles. The van der Waals surface area contributed by atoms with Crippen LogP contribution >= 0.6 is 24.0 Å². The van der Waals surface area contributed by atoms with Gasteiger partial charge in [0.1, 0.15) is 6.54 Å². The van der Waals surface area contributed by atoms with Gasteiger partial charge in [0.05, 0.1) is 5.69 Å². The molecule has 0 atom stereocenters. The molecule has 2 amide bonds. The molecule has 7 nitrogen and oxygen atoms in total.